The van der Waals surface area contributed by atoms with Crippen molar-refractivity contribution in [3.63, 3.8) is 0 Å². The fourth-order valence-electron chi connectivity index (χ4n) is 2.07. The Kier molecular flexibility index (Phi) is 10.1. The van der Waals surface area contributed by atoms with Gasteiger partial charge in [-0.3, -0.25) is 4.98 Å². The van der Waals surface area contributed by atoms with E-state index in [1.165, 1.54) is 0 Å². The highest BCUT2D eigenvalue weighted by atomic mass is 127. The number of aliphatic hydroxyl groups excluding tert-OH is 1. The van der Waals surface area contributed by atoms with Crippen LogP contribution in [-0.2, 0) is 6.54 Å². The first-order valence-electron chi connectivity index (χ1n) is 7.64. The summed E-state index contributed by atoms with van der Waals surface area (Å²) >= 11 is 11.9. The molecule has 0 fully saturated rings. The molecule has 1 heterocycles. The number of hydrogen-bond donors (Lipinski definition) is 3. The number of nitrogens with zero attached hydrogens (tertiary/aromatic N) is 2. The highest BCUT2D eigenvalue weighted by molar-refractivity contribution is 14.0. The lowest BCUT2D eigenvalue weighted by atomic mass is 10.1. The molecule has 0 aliphatic carbocycles. The molecule has 1 aromatic heterocycles. The van der Waals surface area contributed by atoms with E-state index in [1.54, 1.807) is 24.4 Å². The number of halogens is 3. The van der Waals surface area contributed by atoms with Gasteiger partial charge in [-0.05, 0) is 42.8 Å². The van der Waals surface area contributed by atoms with Gasteiger partial charge < -0.3 is 15.7 Å². The molecule has 8 heteroatoms. The van der Waals surface area contributed by atoms with Gasteiger partial charge in [0.05, 0.1) is 18.3 Å². The van der Waals surface area contributed by atoms with Crippen molar-refractivity contribution in [1.82, 2.24) is 15.6 Å². The number of aliphatic hydroxyl groups is 1. The van der Waals surface area contributed by atoms with Crippen LogP contribution in [0.5, 0.6) is 0 Å². The Balaban J connectivity index is 0.00000312. The van der Waals surface area contributed by atoms with E-state index in [2.05, 4.69) is 20.6 Å². The monoisotopic (exact) mass is 494 g/mol. The molecule has 2 rings (SSSR count). The largest absolute Gasteiger partial charge is 0.387 e. The van der Waals surface area contributed by atoms with E-state index in [9.17, 15) is 5.11 Å². The summed E-state index contributed by atoms with van der Waals surface area (Å²) < 4.78 is 0. The molecule has 0 radical (unpaired) electrons. The predicted octanol–water partition coefficient (Wildman–Crippen LogP) is 3.80. The van der Waals surface area contributed by atoms with Gasteiger partial charge in [0.2, 0.25) is 0 Å². The van der Waals surface area contributed by atoms with Crippen LogP contribution in [0.25, 0.3) is 0 Å². The van der Waals surface area contributed by atoms with Gasteiger partial charge in [0.25, 0.3) is 0 Å². The van der Waals surface area contributed by atoms with Crippen molar-refractivity contribution in [3.05, 3.63) is 63.9 Å². The van der Waals surface area contributed by atoms with Crippen molar-refractivity contribution in [3.8, 4) is 0 Å². The Labute approximate surface area is 174 Å². The van der Waals surface area contributed by atoms with E-state index in [0.717, 1.165) is 5.69 Å². The summed E-state index contributed by atoms with van der Waals surface area (Å²) in [6, 6.07) is 10.7. The molecule has 0 spiro atoms. The van der Waals surface area contributed by atoms with Gasteiger partial charge in [-0.15, -0.1) is 24.0 Å². The Morgan fingerprint density at radius 3 is 2.52 bits per heavy atom. The number of aromatic nitrogens is 1. The lowest BCUT2D eigenvalue weighted by Crippen LogP contribution is -2.39. The molecule has 2 aromatic rings. The lowest BCUT2D eigenvalue weighted by molar-refractivity contribution is 0.181. The van der Waals surface area contributed by atoms with Gasteiger partial charge in [0.15, 0.2) is 5.96 Å². The molecule has 25 heavy (non-hydrogen) atoms. The van der Waals surface area contributed by atoms with E-state index < -0.39 is 6.10 Å². The van der Waals surface area contributed by atoms with Crippen molar-refractivity contribution in [1.29, 1.82) is 0 Å². The minimum absolute atomic E-state index is 0. The first-order valence-corrected chi connectivity index (χ1v) is 8.40. The maximum absolute atomic E-state index is 10.3. The summed E-state index contributed by atoms with van der Waals surface area (Å²) in [6.07, 6.45) is 0.984. The second-order valence-corrected chi connectivity index (χ2v) is 5.99. The lowest BCUT2D eigenvalue weighted by Gasteiger charge is -2.16. The van der Waals surface area contributed by atoms with Crippen LogP contribution in [-0.4, -0.2) is 29.1 Å². The molecule has 5 nitrogen and oxygen atoms in total. The van der Waals surface area contributed by atoms with Gasteiger partial charge >= 0.3 is 0 Å². The normalized spacial score (nSPS) is 12.2. The number of pyridine rings is 1. The molecule has 3 N–H and O–H groups in total. The molecule has 1 atom stereocenters. The second-order valence-electron chi connectivity index (χ2n) is 5.12. The molecule has 1 aromatic carbocycles. The summed E-state index contributed by atoms with van der Waals surface area (Å²) in [6.45, 7) is 3.43. The molecule has 0 amide bonds. The zero-order valence-corrected chi connectivity index (χ0v) is 17.6. The van der Waals surface area contributed by atoms with Crippen molar-refractivity contribution in [2.45, 2.75) is 19.6 Å². The summed E-state index contributed by atoms with van der Waals surface area (Å²) in [5.74, 6) is 0.607. The van der Waals surface area contributed by atoms with Gasteiger partial charge in [-0.25, -0.2) is 4.99 Å². The fraction of sp³-hybridized carbons (Fsp3) is 0.294. The van der Waals surface area contributed by atoms with Crippen LogP contribution in [0.15, 0.2) is 47.6 Å². The maximum atomic E-state index is 10.3. The molecule has 0 saturated carbocycles. The standard InChI is InChI=1S/C17H20Cl2N4O.HI/c1-2-20-17(22-10-15-5-3-4-6-21-15)23-11-16(24)12-7-13(18)9-14(19)8-12;/h3-9,16,24H,2,10-11H2,1H3,(H2,20,22,23);1H. The van der Waals surface area contributed by atoms with Crippen LogP contribution in [0.3, 0.4) is 0 Å². The van der Waals surface area contributed by atoms with Crippen molar-refractivity contribution in [2.24, 2.45) is 4.99 Å². The van der Waals surface area contributed by atoms with Crippen molar-refractivity contribution in [2.75, 3.05) is 13.1 Å². The topological polar surface area (TPSA) is 69.5 Å². The fourth-order valence-corrected chi connectivity index (χ4v) is 2.62. The van der Waals surface area contributed by atoms with Crippen molar-refractivity contribution >= 4 is 53.1 Å². The second kappa shape index (κ2) is 11.5. The van der Waals surface area contributed by atoms with Crippen LogP contribution in [0.4, 0.5) is 0 Å². The summed E-state index contributed by atoms with van der Waals surface area (Å²) in [7, 11) is 0. The zero-order chi connectivity index (χ0) is 17.4. The Hall–Kier alpha value is -1.09. The molecule has 0 saturated heterocycles. The number of hydrogen-bond acceptors (Lipinski definition) is 3. The third kappa shape index (κ3) is 7.77. The maximum Gasteiger partial charge on any atom is 0.191 e. The zero-order valence-electron chi connectivity index (χ0n) is 13.7. The predicted molar refractivity (Wildman–Crippen MR) is 114 cm³/mol. The van der Waals surface area contributed by atoms with E-state index >= 15 is 0 Å². The molecular formula is C17H21Cl2IN4O. The van der Waals surface area contributed by atoms with Gasteiger partial charge in [-0.2, -0.15) is 0 Å². The Morgan fingerprint density at radius 1 is 1.20 bits per heavy atom. The highest BCUT2D eigenvalue weighted by Gasteiger charge is 2.10. The Bertz CT molecular complexity index is 665. The third-order valence-corrected chi connectivity index (χ3v) is 3.64. The smallest absolute Gasteiger partial charge is 0.191 e. The summed E-state index contributed by atoms with van der Waals surface area (Å²) in [5.41, 5.74) is 1.53. The van der Waals surface area contributed by atoms with Crippen LogP contribution in [0.2, 0.25) is 10.0 Å². The number of benzene rings is 1. The number of guanidine groups is 1. The van der Waals surface area contributed by atoms with Gasteiger partial charge in [0.1, 0.15) is 0 Å². The summed E-state index contributed by atoms with van der Waals surface area (Å²) in [4.78, 5) is 8.68. The van der Waals surface area contributed by atoms with Gasteiger partial charge in [0, 0.05) is 29.3 Å². The number of nitrogens with one attached hydrogen (secondary N) is 2. The molecule has 1 unspecified atom stereocenters. The quantitative estimate of drug-likeness (QED) is 0.324. The van der Waals surface area contributed by atoms with E-state index in [0.29, 0.717) is 34.7 Å². The number of rotatable bonds is 6. The molecule has 0 bridgehead atoms. The van der Waals surface area contributed by atoms with Gasteiger partial charge in [-0.1, -0.05) is 29.3 Å². The van der Waals surface area contributed by atoms with E-state index in [-0.39, 0.29) is 30.5 Å². The molecule has 0 aliphatic rings. The summed E-state index contributed by atoms with van der Waals surface area (Å²) in [5, 5.41) is 17.5. The van der Waals surface area contributed by atoms with Crippen LogP contribution in [0, 0.1) is 0 Å². The Morgan fingerprint density at radius 2 is 1.92 bits per heavy atom. The minimum atomic E-state index is -0.750. The van der Waals surface area contributed by atoms with Crippen molar-refractivity contribution < 1.29 is 5.11 Å². The van der Waals surface area contributed by atoms with E-state index in [1.807, 2.05) is 25.1 Å². The number of aliphatic imine (C=N–C) groups is 1. The SMILES string of the molecule is CCNC(=NCc1ccccn1)NCC(O)c1cc(Cl)cc(Cl)c1.I. The van der Waals surface area contributed by atoms with Crippen LogP contribution >= 0.6 is 47.2 Å². The average Bonchev–Trinajstić information content (AvgIpc) is 2.57. The first kappa shape index (κ1) is 22.0. The van der Waals surface area contributed by atoms with Crippen LogP contribution < -0.4 is 10.6 Å². The van der Waals surface area contributed by atoms with Crippen LogP contribution in [0.1, 0.15) is 24.3 Å². The highest BCUT2D eigenvalue weighted by Crippen LogP contribution is 2.23. The minimum Gasteiger partial charge on any atom is -0.387 e. The van der Waals surface area contributed by atoms with E-state index in [4.69, 9.17) is 23.2 Å². The first-order chi connectivity index (χ1) is 11.6. The molecule has 0 aliphatic heterocycles. The molecule has 136 valence electrons. The average molecular weight is 495 g/mol. The third-order valence-electron chi connectivity index (χ3n) is 3.20. The molecular weight excluding hydrogens is 474 g/mol.